The van der Waals surface area contributed by atoms with E-state index in [4.69, 9.17) is 20.5 Å². The molecule has 2 aromatic rings. The lowest BCUT2D eigenvalue weighted by Crippen LogP contribution is -2.45. The second-order valence-electron chi connectivity index (χ2n) is 13.0. The van der Waals surface area contributed by atoms with Gasteiger partial charge in [0.25, 0.3) is 0 Å². The molecule has 7 nitrogen and oxygen atoms in total. The summed E-state index contributed by atoms with van der Waals surface area (Å²) in [6.45, 7) is 25.4. The lowest BCUT2D eigenvalue weighted by atomic mass is 10.1. The van der Waals surface area contributed by atoms with Gasteiger partial charge in [0.1, 0.15) is 0 Å². The van der Waals surface area contributed by atoms with E-state index in [-0.39, 0.29) is 20.8 Å². The molecule has 1 fully saturated rings. The molecule has 0 amide bonds. The number of fused-ring (bicyclic) bond motifs is 1. The van der Waals surface area contributed by atoms with E-state index in [1.165, 1.54) is 0 Å². The first-order chi connectivity index (χ1) is 15.4. The fourth-order valence-corrected chi connectivity index (χ4v) is 5.96. The minimum atomic E-state index is -1.87. The van der Waals surface area contributed by atoms with Crippen molar-refractivity contribution in [3.8, 4) is 0 Å². The van der Waals surface area contributed by atoms with Crippen LogP contribution in [0, 0.1) is 11.3 Å². The summed E-state index contributed by atoms with van der Waals surface area (Å²) in [6.07, 6.45) is 2.93. The summed E-state index contributed by atoms with van der Waals surface area (Å²) in [5, 5.41) is 3.65. The van der Waals surface area contributed by atoms with Gasteiger partial charge in [0.05, 0.1) is 6.33 Å². The number of imidazole rings is 1. The summed E-state index contributed by atoms with van der Waals surface area (Å²) in [5.41, 5.74) is 1.53. The third kappa shape index (κ3) is 5.53. The van der Waals surface area contributed by atoms with Gasteiger partial charge in [-0.3, -0.25) is 0 Å². The maximum atomic E-state index is 6.76. The molecule has 192 valence electrons. The molecule has 2 heterocycles. The molecule has 3 rings (SSSR count). The summed E-state index contributed by atoms with van der Waals surface area (Å²) < 4.78 is 15.6. The molecule has 0 saturated heterocycles. The van der Waals surface area contributed by atoms with E-state index >= 15 is 0 Å². The number of aromatic nitrogens is 4. The van der Waals surface area contributed by atoms with Gasteiger partial charge in [-0.05, 0) is 60.2 Å². The standard InChI is InChI=1S/C24H44ClN5O2Si2/c1-22(2,3)33(8,9)31-14-24(15-32-34(10,11)23(4,5)6)12-17(24)13-30-16-27-18-19(26-7)28-21(25)29-20(18)30/h16-17H,12-15H2,1-11H3,(H,26,28,29). The van der Waals surface area contributed by atoms with Crippen LogP contribution in [0.15, 0.2) is 6.33 Å². The number of nitrogens with zero attached hydrogens (tertiary/aromatic N) is 4. The number of halogens is 1. The minimum Gasteiger partial charge on any atom is -0.416 e. The van der Waals surface area contributed by atoms with Gasteiger partial charge < -0.3 is 18.7 Å². The van der Waals surface area contributed by atoms with Crippen molar-refractivity contribution in [2.45, 2.75) is 90.8 Å². The molecular weight excluding hydrogens is 482 g/mol. The zero-order chi connectivity index (χ0) is 25.7. The fourth-order valence-electron chi connectivity index (χ4n) is 3.63. The summed E-state index contributed by atoms with van der Waals surface area (Å²) in [5.74, 6) is 1.09. The molecule has 34 heavy (non-hydrogen) atoms. The van der Waals surface area contributed by atoms with Gasteiger partial charge in [0, 0.05) is 32.2 Å². The van der Waals surface area contributed by atoms with Crippen molar-refractivity contribution in [3.63, 3.8) is 0 Å². The van der Waals surface area contributed by atoms with Crippen LogP contribution in [0.3, 0.4) is 0 Å². The highest BCUT2D eigenvalue weighted by Gasteiger charge is 2.57. The van der Waals surface area contributed by atoms with Crippen LogP contribution < -0.4 is 5.32 Å². The van der Waals surface area contributed by atoms with Gasteiger partial charge in [-0.25, -0.2) is 4.98 Å². The quantitative estimate of drug-likeness (QED) is 0.294. The van der Waals surface area contributed by atoms with E-state index in [0.717, 1.165) is 37.3 Å². The average molecular weight is 526 g/mol. The Kier molecular flexibility index (Phi) is 7.41. The second kappa shape index (κ2) is 9.14. The molecule has 0 radical (unpaired) electrons. The van der Waals surface area contributed by atoms with Gasteiger partial charge in [0.15, 0.2) is 33.6 Å². The number of anilines is 1. The van der Waals surface area contributed by atoms with Crippen LogP contribution in [0.2, 0.25) is 41.5 Å². The largest absolute Gasteiger partial charge is 0.416 e. The summed E-state index contributed by atoms with van der Waals surface area (Å²) >= 11 is 6.19. The molecule has 1 atom stereocenters. The summed E-state index contributed by atoms with van der Waals surface area (Å²) in [6, 6.07) is 0. The van der Waals surface area contributed by atoms with Crippen molar-refractivity contribution in [1.82, 2.24) is 19.5 Å². The van der Waals surface area contributed by atoms with Crippen LogP contribution >= 0.6 is 11.6 Å². The van der Waals surface area contributed by atoms with Crippen LogP contribution in [-0.2, 0) is 15.4 Å². The molecule has 0 aromatic carbocycles. The van der Waals surface area contributed by atoms with Crippen molar-refractivity contribution in [1.29, 1.82) is 0 Å². The van der Waals surface area contributed by atoms with Crippen molar-refractivity contribution in [3.05, 3.63) is 11.6 Å². The van der Waals surface area contributed by atoms with E-state index in [9.17, 15) is 0 Å². The minimum absolute atomic E-state index is 0.0181. The molecule has 1 saturated carbocycles. The Labute approximate surface area is 212 Å². The monoisotopic (exact) mass is 525 g/mol. The topological polar surface area (TPSA) is 74.1 Å². The second-order valence-corrected chi connectivity index (χ2v) is 23.0. The van der Waals surface area contributed by atoms with Gasteiger partial charge in [-0.1, -0.05) is 41.5 Å². The van der Waals surface area contributed by atoms with E-state index < -0.39 is 16.6 Å². The molecular formula is C24H44ClN5O2Si2. The average Bonchev–Trinajstić information content (AvgIpc) is 3.24. The molecule has 0 bridgehead atoms. The number of rotatable bonds is 9. The molecule has 1 N–H and O–H groups in total. The maximum Gasteiger partial charge on any atom is 0.226 e. The first-order valence-corrected chi connectivity index (χ1v) is 18.5. The van der Waals surface area contributed by atoms with Gasteiger partial charge in [0.2, 0.25) is 5.28 Å². The lowest BCUT2D eigenvalue weighted by Gasteiger charge is -2.40. The molecule has 2 aromatic heterocycles. The number of nitrogens with one attached hydrogen (secondary N) is 1. The van der Waals surface area contributed by atoms with Gasteiger partial charge >= 0.3 is 0 Å². The van der Waals surface area contributed by atoms with E-state index in [1.807, 2.05) is 13.4 Å². The van der Waals surface area contributed by atoms with E-state index in [2.05, 4.69) is 92.6 Å². The van der Waals surface area contributed by atoms with E-state index in [1.54, 1.807) is 0 Å². The molecule has 0 aliphatic heterocycles. The third-order valence-corrected chi connectivity index (χ3v) is 17.6. The summed E-state index contributed by atoms with van der Waals surface area (Å²) in [4.78, 5) is 13.3. The third-order valence-electron chi connectivity index (χ3n) is 8.50. The number of hydrogen-bond donors (Lipinski definition) is 1. The zero-order valence-electron chi connectivity index (χ0n) is 23.0. The Morgan fingerprint density at radius 2 is 1.56 bits per heavy atom. The van der Waals surface area contributed by atoms with Crippen molar-refractivity contribution < 1.29 is 8.85 Å². The first-order valence-electron chi connectivity index (χ1n) is 12.3. The number of hydrogen-bond acceptors (Lipinski definition) is 6. The molecule has 1 aliphatic carbocycles. The Morgan fingerprint density at radius 3 is 2.03 bits per heavy atom. The molecule has 0 spiro atoms. The van der Waals surface area contributed by atoms with Crippen LogP contribution in [0.5, 0.6) is 0 Å². The Bertz CT molecular complexity index is 997. The highest BCUT2D eigenvalue weighted by Crippen LogP contribution is 2.56. The molecule has 1 aliphatic rings. The predicted molar refractivity (Wildman–Crippen MR) is 147 cm³/mol. The first kappa shape index (κ1) is 27.6. The predicted octanol–water partition coefficient (Wildman–Crippen LogP) is 6.57. The van der Waals surface area contributed by atoms with Crippen LogP contribution in [0.25, 0.3) is 11.2 Å². The Hall–Kier alpha value is -1.01. The fraction of sp³-hybridized carbons (Fsp3) is 0.792. The smallest absolute Gasteiger partial charge is 0.226 e. The van der Waals surface area contributed by atoms with E-state index in [0.29, 0.717) is 11.7 Å². The van der Waals surface area contributed by atoms with Crippen LogP contribution in [0.1, 0.15) is 48.0 Å². The van der Waals surface area contributed by atoms with Crippen LogP contribution in [-0.4, -0.2) is 56.4 Å². The highest BCUT2D eigenvalue weighted by molar-refractivity contribution is 6.74. The van der Waals surface area contributed by atoms with Gasteiger partial charge in [-0.15, -0.1) is 0 Å². The molecule has 10 heteroatoms. The lowest BCUT2D eigenvalue weighted by molar-refractivity contribution is 0.127. The highest BCUT2D eigenvalue weighted by atomic mass is 35.5. The Morgan fingerprint density at radius 1 is 1.03 bits per heavy atom. The van der Waals surface area contributed by atoms with Crippen LogP contribution in [0.4, 0.5) is 5.82 Å². The van der Waals surface area contributed by atoms with Crippen molar-refractivity contribution >= 4 is 45.2 Å². The van der Waals surface area contributed by atoms with Gasteiger partial charge in [-0.2, -0.15) is 9.97 Å². The zero-order valence-corrected chi connectivity index (χ0v) is 25.7. The summed E-state index contributed by atoms with van der Waals surface area (Å²) in [7, 11) is -1.92. The van der Waals surface area contributed by atoms with Crippen molar-refractivity contribution in [2.75, 3.05) is 25.6 Å². The van der Waals surface area contributed by atoms with Crippen molar-refractivity contribution in [2.24, 2.45) is 11.3 Å². The SMILES string of the molecule is CNc1nc(Cl)nc2c1ncn2CC1CC1(CO[Si](C)(C)C(C)(C)C)CO[Si](C)(C)C(C)(C)C. The normalized spacial score (nSPS) is 19.0. The Balaban J connectivity index is 1.84. The molecule has 1 unspecified atom stereocenters. The maximum absolute atomic E-state index is 6.76.